The van der Waals surface area contributed by atoms with Gasteiger partial charge in [-0.3, -0.25) is 4.79 Å². The number of carbonyl (C=O) groups excluding carboxylic acids is 1. The van der Waals surface area contributed by atoms with E-state index >= 15 is 0 Å². The molecule has 1 heterocycles. The zero-order chi connectivity index (χ0) is 12.9. The van der Waals surface area contributed by atoms with Gasteiger partial charge in [-0.2, -0.15) is 0 Å². The molecule has 1 aromatic heterocycles. The molecule has 0 bridgehead atoms. The van der Waals surface area contributed by atoms with E-state index < -0.39 is 5.54 Å². The van der Waals surface area contributed by atoms with E-state index in [0.29, 0.717) is 11.3 Å². The Kier molecular flexibility index (Phi) is 5.11. The molecule has 0 aromatic carbocycles. The average molecular weight is 257 g/mol. The highest BCUT2D eigenvalue weighted by molar-refractivity contribution is 7.12. The van der Waals surface area contributed by atoms with Gasteiger partial charge in [-0.05, 0) is 29.9 Å². The van der Waals surface area contributed by atoms with Crippen LogP contribution in [0.15, 0.2) is 11.4 Å². The number of rotatable bonds is 6. The summed E-state index contributed by atoms with van der Waals surface area (Å²) in [5.41, 5.74) is 0.0694. The number of thiophene rings is 1. The molecule has 0 unspecified atom stereocenters. The van der Waals surface area contributed by atoms with E-state index in [-0.39, 0.29) is 19.1 Å². The molecule has 0 aliphatic carbocycles. The van der Waals surface area contributed by atoms with Gasteiger partial charge in [0.2, 0.25) is 0 Å². The summed E-state index contributed by atoms with van der Waals surface area (Å²) in [6.07, 6.45) is 1.28. The molecule has 0 aliphatic heterocycles. The number of amides is 1. The van der Waals surface area contributed by atoms with Gasteiger partial charge >= 0.3 is 0 Å². The fraction of sp³-hybridized carbons (Fsp3) is 0.583. The lowest BCUT2D eigenvalue weighted by atomic mass is 9.98. The highest BCUT2D eigenvalue weighted by Crippen LogP contribution is 2.19. The molecule has 4 nitrogen and oxygen atoms in total. The summed E-state index contributed by atoms with van der Waals surface area (Å²) in [7, 11) is 0. The molecule has 0 aliphatic rings. The van der Waals surface area contributed by atoms with Gasteiger partial charge in [0.25, 0.3) is 5.91 Å². The van der Waals surface area contributed by atoms with Gasteiger partial charge in [-0.15, -0.1) is 11.3 Å². The molecule has 0 atom stereocenters. The van der Waals surface area contributed by atoms with E-state index in [9.17, 15) is 15.0 Å². The van der Waals surface area contributed by atoms with Crippen LogP contribution in [-0.4, -0.2) is 34.9 Å². The number of aliphatic hydroxyl groups excluding tert-OH is 2. The first-order valence-corrected chi connectivity index (χ1v) is 6.61. The molecule has 96 valence electrons. The van der Waals surface area contributed by atoms with Crippen LogP contribution in [0.25, 0.3) is 0 Å². The van der Waals surface area contributed by atoms with Gasteiger partial charge in [0.1, 0.15) is 0 Å². The molecule has 1 amide bonds. The van der Waals surface area contributed by atoms with Crippen molar-refractivity contribution in [1.29, 1.82) is 0 Å². The normalized spacial score (nSPS) is 11.5. The number of aryl methyl sites for hydroxylation is 1. The van der Waals surface area contributed by atoms with Crippen LogP contribution in [0.3, 0.4) is 0 Å². The Hall–Kier alpha value is -0.910. The van der Waals surface area contributed by atoms with Crippen molar-refractivity contribution in [2.45, 2.75) is 32.2 Å². The monoisotopic (exact) mass is 257 g/mol. The van der Waals surface area contributed by atoms with Gasteiger partial charge in [-0.1, -0.05) is 13.8 Å². The molecule has 0 spiro atoms. The van der Waals surface area contributed by atoms with Crippen molar-refractivity contribution < 1.29 is 15.0 Å². The largest absolute Gasteiger partial charge is 0.394 e. The lowest BCUT2D eigenvalue weighted by Crippen LogP contribution is -2.53. The predicted octanol–water partition coefficient (Wildman–Crippen LogP) is 1.17. The molecule has 1 rings (SSSR count). The summed E-state index contributed by atoms with van der Waals surface area (Å²) in [6, 6.07) is 1.92. The van der Waals surface area contributed by atoms with E-state index in [1.807, 2.05) is 25.3 Å². The molecule has 17 heavy (non-hydrogen) atoms. The third-order valence-electron chi connectivity index (χ3n) is 2.99. The summed E-state index contributed by atoms with van der Waals surface area (Å²) in [4.78, 5) is 12.7. The highest BCUT2D eigenvalue weighted by Gasteiger charge is 2.29. The quantitative estimate of drug-likeness (QED) is 0.716. The fourth-order valence-corrected chi connectivity index (χ4v) is 2.44. The lowest BCUT2D eigenvalue weighted by molar-refractivity contribution is 0.0655. The second-order valence-corrected chi connectivity index (χ2v) is 4.95. The molecule has 0 fully saturated rings. The molecule has 0 saturated heterocycles. The second-order valence-electron chi connectivity index (χ2n) is 4.03. The Balaban J connectivity index is 2.84. The highest BCUT2D eigenvalue weighted by atomic mass is 32.1. The van der Waals surface area contributed by atoms with E-state index in [0.717, 1.165) is 12.0 Å². The van der Waals surface area contributed by atoms with E-state index in [1.54, 1.807) is 0 Å². The maximum absolute atomic E-state index is 12.1. The smallest absolute Gasteiger partial charge is 0.262 e. The van der Waals surface area contributed by atoms with E-state index in [1.165, 1.54) is 11.3 Å². The first-order chi connectivity index (χ1) is 8.12. The van der Waals surface area contributed by atoms with Crippen LogP contribution in [0.4, 0.5) is 0 Å². The minimum absolute atomic E-state index is 0.221. The zero-order valence-corrected chi connectivity index (χ0v) is 11.0. The average Bonchev–Trinajstić information content (AvgIpc) is 2.84. The Bertz CT molecular complexity index is 363. The summed E-state index contributed by atoms with van der Waals surface area (Å²) in [5, 5.41) is 23.2. The minimum atomic E-state index is -0.925. The number of nitrogens with one attached hydrogen (secondary N) is 1. The number of hydrogen-bond acceptors (Lipinski definition) is 4. The van der Waals surface area contributed by atoms with Crippen LogP contribution in [0.2, 0.25) is 0 Å². The molecular weight excluding hydrogens is 238 g/mol. The van der Waals surface area contributed by atoms with Crippen molar-refractivity contribution in [3.8, 4) is 0 Å². The first-order valence-electron chi connectivity index (χ1n) is 5.73. The van der Waals surface area contributed by atoms with E-state index in [4.69, 9.17) is 0 Å². The summed E-state index contributed by atoms with van der Waals surface area (Å²) >= 11 is 1.38. The van der Waals surface area contributed by atoms with Crippen LogP contribution in [0, 0.1) is 0 Å². The van der Waals surface area contributed by atoms with E-state index in [2.05, 4.69) is 5.32 Å². The second kappa shape index (κ2) is 6.14. The predicted molar refractivity (Wildman–Crippen MR) is 68.4 cm³/mol. The Labute approximate surface area is 105 Å². The van der Waals surface area contributed by atoms with Crippen LogP contribution in [0.1, 0.15) is 35.5 Å². The SMILES string of the molecule is CCc1ccsc1C(=O)NC(CC)(CO)CO. The summed E-state index contributed by atoms with van der Waals surface area (Å²) in [6.45, 7) is 3.28. The minimum Gasteiger partial charge on any atom is -0.394 e. The van der Waals surface area contributed by atoms with Crippen molar-refractivity contribution in [2.75, 3.05) is 13.2 Å². The fourth-order valence-electron chi connectivity index (χ4n) is 1.55. The van der Waals surface area contributed by atoms with Crippen LogP contribution >= 0.6 is 11.3 Å². The maximum Gasteiger partial charge on any atom is 0.262 e. The van der Waals surface area contributed by atoms with Gasteiger partial charge in [0.15, 0.2) is 0 Å². The third kappa shape index (κ3) is 3.06. The van der Waals surface area contributed by atoms with Crippen molar-refractivity contribution in [3.05, 3.63) is 21.9 Å². The Morgan fingerprint density at radius 1 is 1.41 bits per heavy atom. The van der Waals surface area contributed by atoms with Crippen molar-refractivity contribution in [2.24, 2.45) is 0 Å². The van der Waals surface area contributed by atoms with Crippen LogP contribution < -0.4 is 5.32 Å². The van der Waals surface area contributed by atoms with Gasteiger partial charge in [-0.25, -0.2) is 0 Å². The van der Waals surface area contributed by atoms with Crippen molar-refractivity contribution in [1.82, 2.24) is 5.32 Å². The third-order valence-corrected chi connectivity index (χ3v) is 3.95. The van der Waals surface area contributed by atoms with Gasteiger partial charge < -0.3 is 15.5 Å². The van der Waals surface area contributed by atoms with Gasteiger partial charge in [0, 0.05) is 0 Å². The number of carbonyl (C=O) groups is 1. The standard InChI is InChI=1S/C12H19NO3S/c1-3-9-5-6-17-10(9)11(16)13-12(4-2,7-14)8-15/h5-6,14-15H,3-4,7-8H2,1-2H3,(H,13,16). The molecule has 0 saturated carbocycles. The van der Waals surface area contributed by atoms with Crippen LogP contribution in [-0.2, 0) is 6.42 Å². The topological polar surface area (TPSA) is 69.6 Å². The summed E-state index contributed by atoms with van der Waals surface area (Å²) in [5.74, 6) is -0.221. The summed E-state index contributed by atoms with van der Waals surface area (Å²) < 4.78 is 0. The van der Waals surface area contributed by atoms with Crippen molar-refractivity contribution >= 4 is 17.2 Å². The maximum atomic E-state index is 12.1. The number of aliphatic hydroxyl groups is 2. The molecule has 3 N–H and O–H groups in total. The van der Waals surface area contributed by atoms with Gasteiger partial charge in [0.05, 0.1) is 23.6 Å². The lowest BCUT2D eigenvalue weighted by Gasteiger charge is -2.29. The number of hydrogen-bond donors (Lipinski definition) is 3. The Morgan fingerprint density at radius 3 is 2.53 bits per heavy atom. The molecule has 0 radical (unpaired) electrons. The molecule has 1 aromatic rings. The molecule has 5 heteroatoms. The molecular formula is C12H19NO3S. The van der Waals surface area contributed by atoms with Crippen molar-refractivity contribution in [3.63, 3.8) is 0 Å². The first kappa shape index (κ1) is 14.2. The Morgan fingerprint density at radius 2 is 2.06 bits per heavy atom. The zero-order valence-electron chi connectivity index (χ0n) is 10.2. The van der Waals surface area contributed by atoms with Crippen LogP contribution in [0.5, 0.6) is 0 Å².